The Bertz CT molecular complexity index is 1370. The molecule has 0 N–H and O–H groups in total. The van der Waals surface area contributed by atoms with Gasteiger partial charge in [-0.2, -0.15) is 0 Å². The van der Waals surface area contributed by atoms with Crippen LogP contribution in [0.3, 0.4) is 0 Å². The van der Waals surface area contributed by atoms with Crippen molar-refractivity contribution in [2.75, 3.05) is 16.9 Å². The lowest BCUT2D eigenvalue weighted by Crippen LogP contribution is -2.14. The summed E-state index contributed by atoms with van der Waals surface area (Å²) in [5, 5.41) is 0. The first kappa shape index (κ1) is 25.2. The molecule has 5 rings (SSSR count). The second-order valence-electron chi connectivity index (χ2n) is 9.92. The Kier molecular flexibility index (Phi) is 7.19. The van der Waals surface area contributed by atoms with E-state index in [1.54, 1.807) is 7.11 Å². The fourth-order valence-electron chi connectivity index (χ4n) is 4.91. The van der Waals surface area contributed by atoms with Gasteiger partial charge in [0.1, 0.15) is 5.75 Å². The molecule has 0 heterocycles. The molecule has 3 nitrogen and oxygen atoms in total. The van der Waals surface area contributed by atoms with Crippen molar-refractivity contribution in [2.45, 2.75) is 27.7 Å². The van der Waals surface area contributed by atoms with Crippen LogP contribution in [0.15, 0.2) is 115 Å². The Labute approximate surface area is 226 Å². The van der Waals surface area contributed by atoms with Gasteiger partial charge in [0.05, 0.1) is 18.5 Å². The maximum atomic E-state index is 5.88. The van der Waals surface area contributed by atoms with Gasteiger partial charge in [0.2, 0.25) is 0 Å². The summed E-state index contributed by atoms with van der Waals surface area (Å²) in [6, 6.07) is 41.0. The van der Waals surface area contributed by atoms with Crippen LogP contribution in [0.1, 0.15) is 22.3 Å². The van der Waals surface area contributed by atoms with Crippen LogP contribution in [0, 0.1) is 27.7 Å². The summed E-state index contributed by atoms with van der Waals surface area (Å²) >= 11 is 0. The average molecular weight is 499 g/mol. The van der Waals surface area contributed by atoms with Crippen LogP contribution in [0.2, 0.25) is 0 Å². The van der Waals surface area contributed by atoms with Gasteiger partial charge in [0, 0.05) is 34.9 Å². The molecule has 0 aliphatic heterocycles. The monoisotopic (exact) mass is 498 g/mol. The minimum atomic E-state index is 0.799. The van der Waals surface area contributed by atoms with E-state index in [2.05, 4.69) is 153 Å². The third-order valence-electron chi connectivity index (χ3n) is 6.67. The summed E-state index contributed by atoms with van der Waals surface area (Å²) in [5.74, 6) is 0.799. The van der Waals surface area contributed by atoms with Gasteiger partial charge < -0.3 is 14.5 Å². The third-order valence-corrected chi connectivity index (χ3v) is 6.67. The largest absolute Gasteiger partial charge is 0.497 e. The minimum Gasteiger partial charge on any atom is -0.497 e. The smallest absolute Gasteiger partial charge is 0.123 e. The van der Waals surface area contributed by atoms with Crippen molar-refractivity contribution in [1.82, 2.24) is 0 Å². The zero-order valence-corrected chi connectivity index (χ0v) is 22.8. The molecule has 0 atom stereocenters. The van der Waals surface area contributed by atoms with E-state index in [0.717, 1.165) is 39.9 Å². The number of methoxy groups -OCH3 is 1. The number of benzene rings is 5. The summed E-state index contributed by atoms with van der Waals surface area (Å²) in [7, 11) is 1.73. The van der Waals surface area contributed by atoms with Crippen molar-refractivity contribution < 1.29 is 4.74 Å². The van der Waals surface area contributed by atoms with Crippen molar-refractivity contribution in [3.8, 4) is 5.75 Å². The Hall–Kier alpha value is -4.50. The zero-order valence-electron chi connectivity index (χ0n) is 22.8. The van der Waals surface area contributed by atoms with Crippen LogP contribution >= 0.6 is 0 Å². The van der Waals surface area contributed by atoms with Gasteiger partial charge in [-0.3, -0.25) is 0 Å². The lowest BCUT2D eigenvalue weighted by molar-refractivity contribution is 0.415. The molecule has 190 valence electrons. The molecule has 0 radical (unpaired) electrons. The summed E-state index contributed by atoms with van der Waals surface area (Å²) in [5.41, 5.74) is 11.3. The normalized spacial score (nSPS) is 10.8. The molecule has 5 aromatic rings. The second-order valence-corrected chi connectivity index (χ2v) is 9.92. The summed E-state index contributed by atoms with van der Waals surface area (Å²) < 4.78 is 5.88. The van der Waals surface area contributed by atoms with E-state index in [-0.39, 0.29) is 0 Å². The Morgan fingerprint density at radius 1 is 0.395 bits per heavy atom. The standard InChI is InChI=1S/C35H34N2O/c1-25-10-6-14-29(18-25)36(30-15-7-11-26(2)19-30)33-22-34(24-35(23-33)38-5)37(31-16-8-12-27(3)20-31)32-17-9-13-28(4)21-32/h6-24H,1-5H3. The highest BCUT2D eigenvalue weighted by Gasteiger charge is 2.19. The van der Waals surface area contributed by atoms with E-state index < -0.39 is 0 Å². The average Bonchev–Trinajstić information content (AvgIpc) is 2.89. The molecule has 0 amide bonds. The molecule has 0 aliphatic carbocycles. The van der Waals surface area contributed by atoms with Gasteiger partial charge in [0.15, 0.2) is 0 Å². The topological polar surface area (TPSA) is 15.7 Å². The zero-order chi connectivity index (χ0) is 26.6. The molecular weight excluding hydrogens is 464 g/mol. The highest BCUT2D eigenvalue weighted by Crippen LogP contribution is 2.43. The number of aryl methyl sites for hydroxylation is 4. The van der Waals surface area contributed by atoms with Gasteiger partial charge in [0.25, 0.3) is 0 Å². The van der Waals surface area contributed by atoms with Gasteiger partial charge >= 0.3 is 0 Å². The minimum absolute atomic E-state index is 0.799. The Balaban J connectivity index is 1.75. The molecule has 3 heteroatoms. The van der Waals surface area contributed by atoms with E-state index >= 15 is 0 Å². The van der Waals surface area contributed by atoms with Crippen LogP contribution in [0.4, 0.5) is 34.1 Å². The third kappa shape index (κ3) is 5.42. The molecule has 0 bridgehead atoms. The number of nitrogens with zero attached hydrogens (tertiary/aromatic N) is 2. The first-order valence-corrected chi connectivity index (χ1v) is 13.0. The quantitative estimate of drug-likeness (QED) is 0.222. The number of rotatable bonds is 7. The van der Waals surface area contributed by atoms with Crippen LogP contribution < -0.4 is 14.5 Å². The van der Waals surface area contributed by atoms with E-state index in [4.69, 9.17) is 4.74 Å². The van der Waals surface area contributed by atoms with E-state index in [1.165, 1.54) is 22.3 Å². The van der Waals surface area contributed by atoms with Gasteiger partial charge in [-0.15, -0.1) is 0 Å². The first-order valence-electron chi connectivity index (χ1n) is 13.0. The van der Waals surface area contributed by atoms with Crippen molar-refractivity contribution in [2.24, 2.45) is 0 Å². The molecule has 0 saturated heterocycles. The number of anilines is 6. The van der Waals surface area contributed by atoms with Crippen molar-refractivity contribution >= 4 is 34.1 Å². The number of hydrogen-bond acceptors (Lipinski definition) is 3. The Morgan fingerprint density at radius 2 is 0.711 bits per heavy atom. The summed E-state index contributed by atoms with van der Waals surface area (Å²) in [6.45, 7) is 8.52. The van der Waals surface area contributed by atoms with Crippen LogP contribution in [0.25, 0.3) is 0 Å². The molecule has 0 spiro atoms. The fourth-order valence-corrected chi connectivity index (χ4v) is 4.91. The Morgan fingerprint density at radius 3 is 0.974 bits per heavy atom. The fraction of sp³-hybridized carbons (Fsp3) is 0.143. The molecule has 5 aromatic carbocycles. The maximum absolute atomic E-state index is 5.88. The summed E-state index contributed by atoms with van der Waals surface area (Å²) in [6.07, 6.45) is 0. The molecule has 38 heavy (non-hydrogen) atoms. The molecule has 0 aromatic heterocycles. The lowest BCUT2D eigenvalue weighted by Gasteiger charge is -2.30. The summed E-state index contributed by atoms with van der Waals surface area (Å²) in [4.78, 5) is 4.60. The van der Waals surface area contributed by atoms with Gasteiger partial charge in [-0.25, -0.2) is 0 Å². The molecule has 0 saturated carbocycles. The van der Waals surface area contributed by atoms with E-state index in [1.807, 2.05) is 0 Å². The predicted molar refractivity (Wildman–Crippen MR) is 161 cm³/mol. The van der Waals surface area contributed by atoms with E-state index in [9.17, 15) is 0 Å². The van der Waals surface area contributed by atoms with Crippen molar-refractivity contribution in [3.05, 3.63) is 138 Å². The molecule has 0 fully saturated rings. The SMILES string of the molecule is COc1cc(N(c2cccc(C)c2)c2cccc(C)c2)cc(N(c2cccc(C)c2)c2cccc(C)c2)c1. The molecular formula is C35H34N2O. The predicted octanol–water partition coefficient (Wildman–Crippen LogP) is 9.87. The van der Waals surface area contributed by atoms with Crippen LogP contribution in [0.5, 0.6) is 5.75 Å². The first-order chi connectivity index (χ1) is 18.4. The lowest BCUT2D eigenvalue weighted by atomic mass is 10.1. The maximum Gasteiger partial charge on any atom is 0.123 e. The number of hydrogen-bond donors (Lipinski definition) is 0. The molecule has 0 unspecified atom stereocenters. The number of ether oxygens (including phenoxy) is 1. The van der Waals surface area contributed by atoms with Gasteiger partial charge in [-0.05, 0) is 105 Å². The van der Waals surface area contributed by atoms with Crippen molar-refractivity contribution in [3.63, 3.8) is 0 Å². The van der Waals surface area contributed by atoms with Gasteiger partial charge in [-0.1, -0.05) is 48.5 Å². The van der Waals surface area contributed by atoms with Crippen LogP contribution in [-0.2, 0) is 0 Å². The second kappa shape index (κ2) is 10.9. The van der Waals surface area contributed by atoms with Crippen LogP contribution in [-0.4, -0.2) is 7.11 Å². The highest BCUT2D eigenvalue weighted by molar-refractivity contribution is 5.84. The van der Waals surface area contributed by atoms with Crippen molar-refractivity contribution in [1.29, 1.82) is 0 Å². The van der Waals surface area contributed by atoms with E-state index in [0.29, 0.717) is 0 Å². The molecule has 0 aliphatic rings. The highest BCUT2D eigenvalue weighted by atomic mass is 16.5.